The maximum atomic E-state index is 10.9. The predicted octanol–water partition coefficient (Wildman–Crippen LogP) is 2.10. The van der Waals surface area contributed by atoms with Crippen molar-refractivity contribution in [2.75, 3.05) is 10.8 Å². The van der Waals surface area contributed by atoms with E-state index in [0.717, 1.165) is 5.01 Å². The normalized spacial score (nSPS) is 11.3. The topological polar surface area (TPSA) is 89.3 Å². The first-order valence-corrected chi connectivity index (χ1v) is 5.07. The number of hydrogen-bond acceptors (Lipinski definition) is 3. The molecule has 1 unspecified atom stereocenters. The number of hydrogen-bond donors (Lipinski definition) is 2. The molecule has 0 heterocycles. The minimum absolute atomic E-state index is 0.0449. The molecule has 16 heavy (non-hydrogen) atoms. The quantitative estimate of drug-likeness (QED) is 0.270. The summed E-state index contributed by atoms with van der Waals surface area (Å²) in [5.41, 5.74) is 8.94. The zero-order chi connectivity index (χ0) is 12.0. The molecule has 1 aromatic rings. The highest BCUT2D eigenvalue weighted by atomic mass is 32.1. The third kappa shape index (κ3) is 2.82. The largest absolute Gasteiger partial charge is 0.478 e. The molecular formula is C9H10N4O2S. The van der Waals surface area contributed by atoms with Crippen molar-refractivity contribution >= 4 is 24.3 Å². The van der Waals surface area contributed by atoms with Crippen LogP contribution in [0.3, 0.4) is 0 Å². The summed E-state index contributed by atoms with van der Waals surface area (Å²) < 4.78 is 0. The molecule has 84 valence electrons. The molecular weight excluding hydrogens is 228 g/mol. The van der Waals surface area contributed by atoms with Gasteiger partial charge in [0.1, 0.15) is 5.69 Å². The molecule has 0 aliphatic carbocycles. The lowest BCUT2D eigenvalue weighted by atomic mass is 10.2. The van der Waals surface area contributed by atoms with Crippen LogP contribution in [0.4, 0.5) is 5.69 Å². The minimum atomic E-state index is -1.09. The van der Waals surface area contributed by atoms with E-state index in [1.807, 2.05) is 0 Å². The van der Waals surface area contributed by atoms with Gasteiger partial charge in [-0.2, -0.15) is 22.5 Å². The van der Waals surface area contributed by atoms with Crippen LogP contribution in [-0.2, 0) is 4.79 Å². The number of azide groups is 1. The van der Waals surface area contributed by atoms with Crippen LogP contribution in [0.15, 0.2) is 35.6 Å². The molecule has 0 saturated carbocycles. The molecule has 0 saturated heterocycles. The smallest absolute Gasteiger partial charge is 0.350 e. The van der Waals surface area contributed by atoms with Crippen molar-refractivity contribution in [2.24, 2.45) is 5.22 Å². The maximum Gasteiger partial charge on any atom is 0.350 e. The number of carboxylic acid groups (broad SMARTS) is 1. The molecule has 1 atom stereocenters. The fourth-order valence-corrected chi connectivity index (χ4v) is 1.49. The fraction of sp³-hybridized carbons (Fsp3) is 0.222. The summed E-state index contributed by atoms with van der Waals surface area (Å²) in [6.45, 7) is 0. The third-order valence-electron chi connectivity index (χ3n) is 1.91. The van der Waals surface area contributed by atoms with Crippen molar-refractivity contribution < 1.29 is 9.90 Å². The van der Waals surface area contributed by atoms with Crippen LogP contribution in [-0.4, -0.2) is 22.9 Å². The van der Waals surface area contributed by atoms with Crippen molar-refractivity contribution in [2.45, 2.75) is 6.04 Å². The van der Waals surface area contributed by atoms with Gasteiger partial charge in [-0.1, -0.05) is 18.2 Å². The van der Waals surface area contributed by atoms with Gasteiger partial charge in [0.15, 0.2) is 0 Å². The standard InChI is InChI=1S/C9H10N4O2S/c10-11-12-13(8(6-16)9(14)15)7-4-2-1-3-5-7/h1-5,8,16H,6H2,(H,14,15). The molecule has 0 aliphatic rings. The Morgan fingerprint density at radius 1 is 1.56 bits per heavy atom. The summed E-state index contributed by atoms with van der Waals surface area (Å²) in [5, 5.41) is 13.4. The molecule has 1 aromatic carbocycles. The Morgan fingerprint density at radius 2 is 2.19 bits per heavy atom. The minimum Gasteiger partial charge on any atom is -0.478 e. The first-order valence-electron chi connectivity index (χ1n) is 4.43. The van der Waals surface area contributed by atoms with Crippen molar-refractivity contribution in [1.82, 2.24) is 0 Å². The second-order valence-corrected chi connectivity index (χ2v) is 3.26. The number of rotatable bonds is 5. The zero-order valence-corrected chi connectivity index (χ0v) is 9.16. The van der Waals surface area contributed by atoms with E-state index in [-0.39, 0.29) is 5.75 Å². The van der Waals surface area contributed by atoms with E-state index in [0.29, 0.717) is 5.69 Å². The Hall–Kier alpha value is -1.85. The molecule has 1 rings (SSSR count). The molecule has 0 amide bonds. The first-order chi connectivity index (χ1) is 7.70. The number of benzene rings is 1. The summed E-state index contributed by atoms with van der Waals surface area (Å²) in [5.74, 6) is -1.05. The van der Waals surface area contributed by atoms with E-state index in [1.54, 1.807) is 30.3 Å². The predicted molar refractivity (Wildman–Crippen MR) is 63.3 cm³/mol. The lowest BCUT2D eigenvalue weighted by Gasteiger charge is -2.19. The highest BCUT2D eigenvalue weighted by Gasteiger charge is 2.28. The van der Waals surface area contributed by atoms with Crippen molar-refractivity contribution in [3.63, 3.8) is 0 Å². The molecule has 0 aliphatic heterocycles. The summed E-state index contributed by atoms with van der Waals surface area (Å²) >= 11 is 3.93. The van der Waals surface area contributed by atoms with Crippen LogP contribution < -0.4 is 5.01 Å². The van der Waals surface area contributed by atoms with E-state index in [9.17, 15) is 4.79 Å². The van der Waals surface area contributed by atoms with Crippen molar-refractivity contribution in [1.29, 1.82) is 0 Å². The number of anilines is 1. The van der Waals surface area contributed by atoms with Gasteiger partial charge in [0.2, 0.25) is 6.04 Å². The Labute approximate surface area is 97.5 Å². The van der Waals surface area contributed by atoms with Gasteiger partial charge in [0.25, 0.3) is 0 Å². The molecule has 0 radical (unpaired) electrons. The SMILES string of the molecule is [N-]=[N+]=NN(c1ccccc1)C(CS)C(=O)O. The Balaban J connectivity index is 3.08. The van der Waals surface area contributed by atoms with Gasteiger partial charge in [0.05, 0.1) is 0 Å². The van der Waals surface area contributed by atoms with Gasteiger partial charge in [-0.15, -0.1) is 5.53 Å². The molecule has 6 nitrogen and oxygen atoms in total. The van der Waals surface area contributed by atoms with Gasteiger partial charge in [0, 0.05) is 5.75 Å². The van der Waals surface area contributed by atoms with Crippen LogP contribution in [0, 0.1) is 0 Å². The second kappa shape index (κ2) is 5.89. The van der Waals surface area contributed by atoms with Gasteiger partial charge in [-0.05, 0) is 17.4 Å². The van der Waals surface area contributed by atoms with Crippen molar-refractivity contribution in [3.05, 3.63) is 40.8 Å². The van der Waals surface area contributed by atoms with Crippen LogP contribution in [0.25, 0.3) is 10.4 Å². The van der Waals surface area contributed by atoms with E-state index in [1.165, 1.54) is 0 Å². The van der Waals surface area contributed by atoms with Gasteiger partial charge in [-0.3, -0.25) is 0 Å². The number of thiol groups is 1. The summed E-state index contributed by atoms with van der Waals surface area (Å²) in [7, 11) is 0. The summed E-state index contributed by atoms with van der Waals surface area (Å²) in [6.07, 6.45) is 0. The van der Waals surface area contributed by atoms with Gasteiger partial charge in [-0.25, -0.2) is 4.79 Å². The van der Waals surface area contributed by atoms with E-state index >= 15 is 0 Å². The zero-order valence-electron chi connectivity index (χ0n) is 8.26. The first kappa shape index (κ1) is 12.2. The molecule has 0 spiro atoms. The molecule has 1 N–H and O–H groups in total. The summed E-state index contributed by atoms with van der Waals surface area (Å²) in [6, 6.07) is 7.58. The van der Waals surface area contributed by atoms with E-state index in [4.69, 9.17) is 10.6 Å². The van der Waals surface area contributed by atoms with Crippen LogP contribution in [0.1, 0.15) is 0 Å². The van der Waals surface area contributed by atoms with E-state index in [2.05, 4.69) is 22.8 Å². The number of nitrogens with zero attached hydrogens (tertiary/aromatic N) is 4. The molecule has 7 heteroatoms. The lowest BCUT2D eigenvalue weighted by molar-refractivity contribution is -0.138. The number of aliphatic carboxylic acids is 1. The fourth-order valence-electron chi connectivity index (χ4n) is 1.18. The molecule has 0 bridgehead atoms. The van der Waals surface area contributed by atoms with Crippen LogP contribution in [0.5, 0.6) is 0 Å². The lowest BCUT2D eigenvalue weighted by Crippen LogP contribution is -2.39. The van der Waals surface area contributed by atoms with E-state index < -0.39 is 12.0 Å². The van der Waals surface area contributed by atoms with Crippen LogP contribution in [0.2, 0.25) is 0 Å². The third-order valence-corrected chi connectivity index (χ3v) is 2.26. The Bertz CT molecular complexity index is 405. The summed E-state index contributed by atoms with van der Waals surface area (Å²) in [4.78, 5) is 13.6. The van der Waals surface area contributed by atoms with Crippen LogP contribution >= 0.6 is 12.6 Å². The van der Waals surface area contributed by atoms with Crippen molar-refractivity contribution in [3.8, 4) is 0 Å². The number of carbonyl (C=O) groups is 1. The maximum absolute atomic E-state index is 10.9. The second-order valence-electron chi connectivity index (χ2n) is 2.90. The molecule has 0 aromatic heterocycles. The van der Waals surface area contributed by atoms with Gasteiger partial charge >= 0.3 is 5.97 Å². The Kier molecular flexibility index (Phi) is 4.50. The number of carboxylic acids is 1. The van der Waals surface area contributed by atoms with Gasteiger partial charge < -0.3 is 5.11 Å². The Morgan fingerprint density at radius 3 is 2.62 bits per heavy atom. The number of para-hydroxylation sites is 1. The molecule has 0 fully saturated rings. The highest BCUT2D eigenvalue weighted by Crippen LogP contribution is 2.18. The monoisotopic (exact) mass is 238 g/mol. The average molecular weight is 238 g/mol. The average Bonchev–Trinajstić information content (AvgIpc) is 2.29. The highest BCUT2D eigenvalue weighted by molar-refractivity contribution is 7.80.